The van der Waals surface area contributed by atoms with Gasteiger partial charge in [-0.25, -0.2) is 0 Å². The average Bonchev–Trinajstić information content (AvgIpc) is 3.18. The first-order valence-corrected chi connectivity index (χ1v) is 10.0. The zero-order valence-corrected chi connectivity index (χ0v) is 16.6. The number of likely N-dealkylation sites (N-methyl/N-ethyl adjacent to an activating group) is 1. The standard InChI is InChI=1S/C21H23F3N4O2/c1-28-9-3-4-14(11-28)25-20-16-6-2-5-15(16)19(26-27-20)17-8-7-13(21(22,23)24)10-18(17)30-12-29/h7-8,10,12,14H,2-6,9,11H2,1H3,(H,25,27)/t14-/m1/s1. The molecule has 4 rings (SSSR count). The minimum atomic E-state index is -4.53. The number of alkyl halides is 3. The number of fused-ring (bicyclic) bond motifs is 1. The fourth-order valence-corrected chi connectivity index (χ4v) is 4.34. The van der Waals surface area contributed by atoms with E-state index in [0.29, 0.717) is 11.3 Å². The number of anilines is 1. The molecule has 1 aliphatic heterocycles. The molecule has 1 atom stereocenters. The second-order valence-corrected chi connectivity index (χ2v) is 7.88. The number of aromatic nitrogens is 2. The molecule has 160 valence electrons. The third-order valence-electron chi connectivity index (χ3n) is 5.74. The van der Waals surface area contributed by atoms with Gasteiger partial charge >= 0.3 is 6.18 Å². The number of hydrogen-bond donors (Lipinski definition) is 1. The summed E-state index contributed by atoms with van der Waals surface area (Å²) in [6.07, 6.45) is 0.125. The zero-order chi connectivity index (χ0) is 21.3. The number of ether oxygens (including phenoxy) is 1. The highest BCUT2D eigenvalue weighted by atomic mass is 19.4. The Morgan fingerprint density at radius 1 is 1.20 bits per heavy atom. The Labute approximate surface area is 172 Å². The van der Waals surface area contributed by atoms with Gasteiger partial charge in [0.15, 0.2) is 5.82 Å². The molecule has 0 unspecified atom stereocenters. The molecule has 0 radical (unpaired) electrons. The number of hydrogen-bond acceptors (Lipinski definition) is 6. The molecule has 2 heterocycles. The number of likely N-dealkylation sites (tertiary alicyclic amines) is 1. The topological polar surface area (TPSA) is 67.3 Å². The highest BCUT2D eigenvalue weighted by Crippen LogP contribution is 2.40. The van der Waals surface area contributed by atoms with Crippen LogP contribution in [-0.4, -0.2) is 47.7 Å². The molecule has 9 heteroatoms. The Morgan fingerprint density at radius 3 is 2.73 bits per heavy atom. The van der Waals surface area contributed by atoms with Crippen LogP contribution in [0.15, 0.2) is 18.2 Å². The Morgan fingerprint density at radius 2 is 2.00 bits per heavy atom. The minimum Gasteiger partial charge on any atom is -0.428 e. The van der Waals surface area contributed by atoms with Gasteiger partial charge in [-0.1, -0.05) is 0 Å². The molecule has 2 aliphatic rings. The molecule has 1 aromatic carbocycles. The first-order valence-electron chi connectivity index (χ1n) is 10.0. The van der Waals surface area contributed by atoms with Crippen molar-refractivity contribution in [1.29, 1.82) is 0 Å². The van der Waals surface area contributed by atoms with Crippen LogP contribution in [0, 0.1) is 0 Å². The molecule has 6 nitrogen and oxygen atoms in total. The van der Waals surface area contributed by atoms with E-state index in [0.717, 1.165) is 74.3 Å². The van der Waals surface area contributed by atoms with Crippen LogP contribution >= 0.6 is 0 Å². The summed E-state index contributed by atoms with van der Waals surface area (Å²) in [5.74, 6) is 0.578. The number of halogens is 3. The summed E-state index contributed by atoms with van der Waals surface area (Å²) < 4.78 is 44.1. The van der Waals surface area contributed by atoms with E-state index in [9.17, 15) is 18.0 Å². The fraction of sp³-hybridized carbons (Fsp3) is 0.476. The highest BCUT2D eigenvalue weighted by Gasteiger charge is 2.32. The van der Waals surface area contributed by atoms with Gasteiger partial charge in [-0.2, -0.15) is 13.2 Å². The maximum absolute atomic E-state index is 13.1. The lowest BCUT2D eigenvalue weighted by Gasteiger charge is -2.31. The van der Waals surface area contributed by atoms with Crippen LogP contribution in [0.5, 0.6) is 5.75 Å². The van der Waals surface area contributed by atoms with Crippen molar-refractivity contribution in [3.8, 4) is 17.0 Å². The predicted molar refractivity (Wildman–Crippen MR) is 105 cm³/mol. The second-order valence-electron chi connectivity index (χ2n) is 7.88. The SMILES string of the molecule is CN1CCC[C@@H](Nc2nnc(-c3ccc(C(F)(F)F)cc3OC=O)c3c2CCC3)C1. The lowest BCUT2D eigenvalue weighted by molar-refractivity contribution is -0.138. The van der Waals surface area contributed by atoms with Crippen LogP contribution in [-0.2, 0) is 23.8 Å². The number of carbonyl (C=O) groups excluding carboxylic acids is 1. The lowest BCUT2D eigenvalue weighted by atomic mass is 10.0. The number of piperidine rings is 1. The summed E-state index contributed by atoms with van der Waals surface area (Å²) in [7, 11) is 2.09. The third-order valence-corrected chi connectivity index (χ3v) is 5.74. The number of rotatable bonds is 5. The number of nitrogens with zero attached hydrogens (tertiary/aromatic N) is 3. The Balaban J connectivity index is 1.70. The second kappa shape index (κ2) is 8.22. The Bertz CT molecular complexity index is 949. The minimum absolute atomic E-state index is 0.127. The van der Waals surface area contributed by atoms with E-state index >= 15 is 0 Å². The number of nitrogens with one attached hydrogen (secondary N) is 1. The average molecular weight is 420 g/mol. The van der Waals surface area contributed by atoms with Gasteiger partial charge in [0, 0.05) is 23.7 Å². The Hall–Kier alpha value is -2.68. The molecular formula is C21H23F3N4O2. The van der Waals surface area contributed by atoms with Crippen molar-refractivity contribution in [2.75, 3.05) is 25.5 Å². The first-order chi connectivity index (χ1) is 14.4. The van der Waals surface area contributed by atoms with Crippen LogP contribution in [0.4, 0.5) is 19.0 Å². The van der Waals surface area contributed by atoms with Crippen molar-refractivity contribution in [2.45, 2.75) is 44.3 Å². The van der Waals surface area contributed by atoms with Gasteiger partial charge in [0.1, 0.15) is 11.4 Å². The maximum atomic E-state index is 13.1. The van der Waals surface area contributed by atoms with Crippen LogP contribution in [0.1, 0.15) is 36.0 Å². The molecule has 0 bridgehead atoms. The van der Waals surface area contributed by atoms with Crippen molar-refractivity contribution in [2.24, 2.45) is 0 Å². The van der Waals surface area contributed by atoms with Crippen LogP contribution in [0.2, 0.25) is 0 Å². The summed E-state index contributed by atoms with van der Waals surface area (Å²) in [5.41, 5.74) is 1.92. The third kappa shape index (κ3) is 4.12. The maximum Gasteiger partial charge on any atom is 0.416 e. The van der Waals surface area contributed by atoms with E-state index in [1.807, 2.05) is 0 Å². The van der Waals surface area contributed by atoms with E-state index < -0.39 is 11.7 Å². The van der Waals surface area contributed by atoms with Gasteiger partial charge in [-0.3, -0.25) is 4.79 Å². The summed E-state index contributed by atoms with van der Waals surface area (Å²) in [6, 6.07) is 3.39. The molecule has 1 aliphatic carbocycles. The number of carbonyl (C=O) groups is 1. The lowest BCUT2D eigenvalue weighted by Crippen LogP contribution is -2.40. The van der Waals surface area contributed by atoms with Crippen molar-refractivity contribution in [3.05, 3.63) is 34.9 Å². The molecule has 0 amide bonds. The van der Waals surface area contributed by atoms with Gasteiger partial charge in [-0.15, -0.1) is 10.2 Å². The van der Waals surface area contributed by atoms with Crippen molar-refractivity contribution in [1.82, 2.24) is 15.1 Å². The van der Waals surface area contributed by atoms with Crippen molar-refractivity contribution >= 4 is 12.3 Å². The van der Waals surface area contributed by atoms with Crippen molar-refractivity contribution < 1.29 is 22.7 Å². The summed E-state index contributed by atoms with van der Waals surface area (Å²) in [4.78, 5) is 13.2. The van der Waals surface area contributed by atoms with Gasteiger partial charge in [0.05, 0.1) is 5.56 Å². The van der Waals surface area contributed by atoms with Gasteiger partial charge < -0.3 is 15.0 Å². The normalized spacial score (nSPS) is 19.4. The summed E-state index contributed by atoms with van der Waals surface area (Å²) >= 11 is 0. The molecule has 30 heavy (non-hydrogen) atoms. The van der Waals surface area contributed by atoms with E-state index in [2.05, 4.69) is 27.5 Å². The predicted octanol–water partition coefficient (Wildman–Crippen LogP) is 3.69. The Kier molecular flexibility index (Phi) is 5.64. The first kappa shape index (κ1) is 20.6. The van der Waals surface area contributed by atoms with Crippen LogP contribution in [0.3, 0.4) is 0 Å². The highest BCUT2D eigenvalue weighted by molar-refractivity contribution is 5.75. The largest absolute Gasteiger partial charge is 0.428 e. The molecule has 2 aromatic rings. The molecule has 1 fully saturated rings. The summed E-state index contributed by atoms with van der Waals surface area (Å²) in [5, 5.41) is 12.2. The van der Waals surface area contributed by atoms with E-state index in [4.69, 9.17) is 4.74 Å². The fourth-order valence-electron chi connectivity index (χ4n) is 4.34. The van der Waals surface area contributed by atoms with Gasteiger partial charge in [0.2, 0.25) is 0 Å². The molecule has 1 N–H and O–H groups in total. The number of benzene rings is 1. The smallest absolute Gasteiger partial charge is 0.416 e. The molecule has 1 aromatic heterocycles. The van der Waals surface area contributed by atoms with Gasteiger partial charge in [-0.05, 0) is 69.5 Å². The van der Waals surface area contributed by atoms with Crippen LogP contribution in [0.25, 0.3) is 11.3 Å². The monoisotopic (exact) mass is 420 g/mol. The molecule has 0 saturated carbocycles. The van der Waals surface area contributed by atoms with Crippen molar-refractivity contribution in [3.63, 3.8) is 0 Å². The van der Waals surface area contributed by atoms with E-state index in [1.54, 1.807) is 0 Å². The van der Waals surface area contributed by atoms with E-state index in [-0.39, 0.29) is 18.3 Å². The van der Waals surface area contributed by atoms with Crippen LogP contribution < -0.4 is 10.1 Å². The zero-order valence-electron chi connectivity index (χ0n) is 16.6. The molecule has 1 saturated heterocycles. The molecular weight excluding hydrogens is 397 g/mol. The quantitative estimate of drug-likeness (QED) is 0.745. The molecule has 0 spiro atoms. The summed E-state index contributed by atoms with van der Waals surface area (Å²) in [6.45, 7) is 2.13. The van der Waals surface area contributed by atoms with Gasteiger partial charge in [0.25, 0.3) is 6.47 Å². The van der Waals surface area contributed by atoms with E-state index in [1.165, 1.54) is 6.07 Å².